The van der Waals surface area contributed by atoms with Gasteiger partial charge in [0.25, 0.3) is 0 Å². The highest BCUT2D eigenvalue weighted by Crippen LogP contribution is 2.28. The van der Waals surface area contributed by atoms with Gasteiger partial charge in [0.1, 0.15) is 6.54 Å². The van der Waals surface area contributed by atoms with Crippen molar-refractivity contribution in [1.82, 2.24) is 4.90 Å². The van der Waals surface area contributed by atoms with Crippen LogP contribution in [0.15, 0.2) is 42.5 Å². The molecule has 8 heteroatoms. The van der Waals surface area contributed by atoms with Crippen molar-refractivity contribution in [2.45, 2.75) is 19.1 Å². The number of carbonyl (C=O) groups excluding carboxylic acids is 1. The molecular weight excluding hydrogens is 385 g/mol. The van der Waals surface area contributed by atoms with Crippen molar-refractivity contribution < 1.29 is 27.4 Å². The zero-order valence-electron chi connectivity index (χ0n) is 16.9. The van der Waals surface area contributed by atoms with E-state index in [1.807, 2.05) is 19.0 Å². The van der Waals surface area contributed by atoms with E-state index in [0.29, 0.717) is 22.6 Å². The first kappa shape index (κ1) is 22.4. The second kappa shape index (κ2) is 9.54. The second-order valence-corrected chi connectivity index (χ2v) is 6.79. The van der Waals surface area contributed by atoms with E-state index in [1.54, 1.807) is 42.5 Å². The Labute approximate surface area is 168 Å². The van der Waals surface area contributed by atoms with Crippen LogP contribution in [0.4, 0.5) is 18.9 Å². The maximum Gasteiger partial charge on any atom is 0.406 e. The highest BCUT2D eigenvalue weighted by Gasteiger charge is 2.33. The molecule has 0 aliphatic heterocycles. The fourth-order valence-electron chi connectivity index (χ4n) is 2.85. The molecule has 0 saturated heterocycles. The number of amides is 1. The maximum absolute atomic E-state index is 13.1. The first-order valence-electron chi connectivity index (χ1n) is 8.94. The summed E-state index contributed by atoms with van der Waals surface area (Å²) in [5.41, 5.74) is 2.09. The van der Waals surface area contributed by atoms with Gasteiger partial charge in [0.2, 0.25) is 5.91 Å². The van der Waals surface area contributed by atoms with Crippen molar-refractivity contribution in [2.75, 3.05) is 39.8 Å². The van der Waals surface area contributed by atoms with Gasteiger partial charge < -0.3 is 19.3 Å². The Kier molecular flexibility index (Phi) is 7.36. The van der Waals surface area contributed by atoms with Gasteiger partial charge in [-0.3, -0.25) is 4.79 Å². The fourth-order valence-corrected chi connectivity index (χ4v) is 2.85. The Morgan fingerprint density at radius 2 is 1.52 bits per heavy atom. The number of benzene rings is 2. The van der Waals surface area contributed by atoms with E-state index >= 15 is 0 Å². The third-order valence-electron chi connectivity index (χ3n) is 4.35. The van der Waals surface area contributed by atoms with Crippen molar-refractivity contribution in [3.8, 4) is 11.5 Å². The number of methoxy groups -OCH3 is 2. The molecule has 0 bridgehead atoms. The predicted molar refractivity (Wildman–Crippen MR) is 105 cm³/mol. The molecular formula is C21H25F3N2O3. The Balaban J connectivity index is 2.19. The summed E-state index contributed by atoms with van der Waals surface area (Å²) in [5, 5.41) is 0. The molecule has 0 heterocycles. The molecule has 0 spiro atoms. The Hall–Kier alpha value is -2.90. The van der Waals surface area contributed by atoms with Crippen LogP contribution in [-0.4, -0.2) is 51.8 Å². The van der Waals surface area contributed by atoms with E-state index in [9.17, 15) is 18.0 Å². The molecule has 0 aliphatic rings. The topological polar surface area (TPSA) is 42.0 Å². The van der Waals surface area contributed by atoms with Gasteiger partial charge in [0.15, 0.2) is 11.5 Å². The zero-order valence-corrected chi connectivity index (χ0v) is 16.9. The van der Waals surface area contributed by atoms with E-state index in [-0.39, 0.29) is 13.0 Å². The van der Waals surface area contributed by atoms with Crippen LogP contribution < -0.4 is 14.4 Å². The third-order valence-corrected chi connectivity index (χ3v) is 4.35. The number of rotatable bonds is 8. The molecule has 158 valence electrons. The van der Waals surface area contributed by atoms with E-state index in [1.165, 1.54) is 14.2 Å². The molecule has 0 radical (unpaired) electrons. The molecule has 1 amide bonds. The van der Waals surface area contributed by atoms with Gasteiger partial charge in [-0.1, -0.05) is 18.2 Å². The van der Waals surface area contributed by atoms with Gasteiger partial charge in [0, 0.05) is 26.3 Å². The van der Waals surface area contributed by atoms with Crippen LogP contribution in [0.2, 0.25) is 0 Å². The van der Waals surface area contributed by atoms with Gasteiger partial charge in [0.05, 0.1) is 20.6 Å². The van der Waals surface area contributed by atoms with Crippen LogP contribution in [-0.2, 0) is 17.8 Å². The lowest BCUT2D eigenvalue weighted by molar-refractivity contribution is -0.162. The van der Waals surface area contributed by atoms with Crippen LogP contribution in [0.25, 0.3) is 0 Å². The van der Waals surface area contributed by atoms with Crippen LogP contribution in [0.1, 0.15) is 11.1 Å². The molecule has 0 aromatic heterocycles. The second-order valence-electron chi connectivity index (χ2n) is 6.79. The molecule has 0 saturated carbocycles. The molecule has 0 unspecified atom stereocenters. The number of nitrogens with zero attached hydrogens (tertiary/aromatic N) is 2. The van der Waals surface area contributed by atoms with Crippen molar-refractivity contribution in [1.29, 1.82) is 0 Å². The van der Waals surface area contributed by atoms with Crippen molar-refractivity contribution in [3.05, 3.63) is 53.6 Å². The number of alkyl halides is 3. The van der Waals surface area contributed by atoms with Gasteiger partial charge in [-0.15, -0.1) is 0 Å². The molecule has 29 heavy (non-hydrogen) atoms. The third kappa shape index (κ3) is 6.58. The minimum atomic E-state index is -4.49. The summed E-state index contributed by atoms with van der Waals surface area (Å²) in [5.74, 6) is 0.280. The first-order valence-corrected chi connectivity index (χ1v) is 8.94. The van der Waals surface area contributed by atoms with Gasteiger partial charge in [-0.2, -0.15) is 13.2 Å². The lowest BCUT2D eigenvalue weighted by atomic mass is 10.1. The highest BCUT2D eigenvalue weighted by atomic mass is 19.4. The number of hydrogen-bond acceptors (Lipinski definition) is 4. The van der Waals surface area contributed by atoms with E-state index in [0.717, 1.165) is 10.6 Å². The first-order chi connectivity index (χ1) is 13.6. The molecule has 0 N–H and O–H groups in total. The normalized spacial score (nSPS) is 11.1. The van der Waals surface area contributed by atoms with Crippen LogP contribution in [0, 0.1) is 0 Å². The lowest BCUT2D eigenvalue weighted by Crippen LogP contribution is -2.39. The van der Waals surface area contributed by atoms with Gasteiger partial charge >= 0.3 is 6.18 Å². The summed E-state index contributed by atoms with van der Waals surface area (Å²) in [6.07, 6.45) is -4.66. The average molecular weight is 410 g/mol. The van der Waals surface area contributed by atoms with Crippen molar-refractivity contribution in [3.63, 3.8) is 0 Å². The van der Waals surface area contributed by atoms with E-state index < -0.39 is 18.6 Å². The highest BCUT2D eigenvalue weighted by molar-refractivity contribution is 5.79. The predicted octanol–water partition coefficient (Wildman–Crippen LogP) is 3.90. The number of halogens is 3. The van der Waals surface area contributed by atoms with Crippen molar-refractivity contribution >= 4 is 11.6 Å². The molecule has 0 aliphatic carbocycles. The van der Waals surface area contributed by atoms with Gasteiger partial charge in [-0.25, -0.2) is 0 Å². The SMILES string of the molecule is COc1ccc(CC(=O)N(Cc2ccc(N(C)C)cc2)CC(F)(F)F)cc1OC. The Morgan fingerprint density at radius 3 is 2.03 bits per heavy atom. The smallest absolute Gasteiger partial charge is 0.406 e. The minimum Gasteiger partial charge on any atom is -0.493 e. The Bertz CT molecular complexity index is 821. The number of hydrogen-bond donors (Lipinski definition) is 0. The van der Waals surface area contributed by atoms with Crippen LogP contribution >= 0.6 is 0 Å². The zero-order chi connectivity index (χ0) is 21.6. The molecule has 2 rings (SSSR count). The maximum atomic E-state index is 13.1. The minimum absolute atomic E-state index is 0.126. The molecule has 0 fully saturated rings. The summed E-state index contributed by atoms with van der Waals surface area (Å²) in [6, 6.07) is 11.9. The quantitative estimate of drug-likeness (QED) is 0.662. The van der Waals surface area contributed by atoms with Crippen molar-refractivity contribution in [2.24, 2.45) is 0 Å². The fraction of sp³-hybridized carbons (Fsp3) is 0.381. The van der Waals surface area contributed by atoms with Crippen LogP contribution in [0.3, 0.4) is 0 Å². The van der Waals surface area contributed by atoms with E-state index in [4.69, 9.17) is 9.47 Å². The molecule has 2 aromatic rings. The monoisotopic (exact) mass is 410 g/mol. The largest absolute Gasteiger partial charge is 0.493 e. The standard InChI is InChI=1S/C21H25F3N2O3/c1-25(2)17-8-5-15(6-9-17)13-26(14-21(22,23)24)20(27)12-16-7-10-18(28-3)19(11-16)29-4/h5-11H,12-14H2,1-4H3. The molecule has 0 atom stereocenters. The summed E-state index contributed by atoms with van der Waals surface area (Å²) in [6.45, 7) is -1.44. The summed E-state index contributed by atoms with van der Waals surface area (Å²) in [7, 11) is 6.68. The summed E-state index contributed by atoms with van der Waals surface area (Å²) in [4.78, 5) is 15.4. The number of anilines is 1. The average Bonchev–Trinajstić information content (AvgIpc) is 2.66. The summed E-state index contributed by atoms with van der Waals surface area (Å²) < 4.78 is 49.5. The lowest BCUT2D eigenvalue weighted by Gasteiger charge is -2.25. The van der Waals surface area contributed by atoms with Crippen LogP contribution in [0.5, 0.6) is 11.5 Å². The molecule has 2 aromatic carbocycles. The Morgan fingerprint density at radius 1 is 0.931 bits per heavy atom. The summed E-state index contributed by atoms with van der Waals surface area (Å²) >= 11 is 0. The molecule has 5 nitrogen and oxygen atoms in total. The number of ether oxygens (including phenoxy) is 2. The van der Waals surface area contributed by atoms with E-state index in [2.05, 4.69) is 0 Å². The van der Waals surface area contributed by atoms with Gasteiger partial charge in [-0.05, 0) is 35.4 Å². The number of carbonyl (C=O) groups is 1.